The van der Waals surface area contributed by atoms with Crippen molar-refractivity contribution in [3.63, 3.8) is 0 Å². The van der Waals surface area contributed by atoms with Crippen LogP contribution in [0.4, 0.5) is 0 Å². The monoisotopic (exact) mass is 746 g/mol. The van der Waals surface area contributed by atoms with Crippen LogP contribution in [0.3, 0.4) is 0 Å². The molecule has 272 valence electrons. The molecular weight excluding hydrogens is 703 g/mol. The molecule has 9 heteroatoms. The molecule has 0 aromatic heterocycles. The number of methoxy groups -OCH3 is 3. The first-order valence-electron chi connectivity index (χ1n) is 17.5. The van der Waals surface area contributed by atoms with Gasteiger partial charge < -0.3 is 28.0 Å². The molecule has 0 heterocycles. The number of ether oxygens (including phenoxy) is 3. The lowest BCUT2D eigenvalue weighted by Crippen LogP contribution is -2.31. The van der Waals surface area contributed by atoms with E-state index >= 15 is 0 Å². The second kappa shape index (κ2) is 17.9. The maximum atomic E-state index is 11.6. The fraction of sp³-hybridized carbons (Fsp3) is 0.182. The van der Waals surface area contributed by atoms with Gasteiger partial charge in [0.05, 0.1) is 21.3 Å². The van der Waals surface area contributed by atoms with Crippen molar-refractivity contribution < 1.29 is 28.0 Å². The lowest BCUT2D eigenvalue weighted by atomic mass is 9.66. The van der Waals surface area contributed by atoms with Gasteiger partial charge in [-0.15, -0.1) is 0 Å². The maximum absolute atomic E-state index is 11.6. The van der Waals surface area contributed by atoms with Crippen LogP contribution in [0.2, 0.25) is 5.02 Å². The summed E-state index contributed by atoms with van der Waals surface area (Å²) in [5, 5.41) is 12.3. The highest BCUT2D eigenvalue weighted by Gasteiger charge is 2.38. The Morgan fingerprint density at radius 2 is 0.981 bits per heavy atom. The number of rotatable bonds is 17. The molecule has 6 aromatic rings. The van der Waals surface area contributed by atoms with Crippen LogP contribution in [0.15, 0.2) is 168 Å². The highest BCUT2D eigenvalue weighted by atomic mass is 35.5. The van der Waals surface area contributed by atoms with Gasteiger partial charge >= 0.3 is 7.32 Å². The Labute approximate surface area is 319 Å². The molecular formula is C44H44BClO6S. The Balaban J connectivity index is 1.31. The van der Waals surface area contributed by atoms with Crippen LogP contribution in [0.1, 0.15) is 35.1 Å². The smallest absolute Gasteiger partial charge is 0.497 e. The Hall–Kier alpha value is -4.70. The summed E-state index contributed by atoms with van der Waals surface area (Å²) >= 11 is 6.26. The highest BCUT2D eigenvalue weighted by molar-refractivity contribution is 8.29. The number of halogens is 1. The molecule has 0 amide bonds. The average Bonchev–Trinajstić information content (AvgIpc) is 3.22. The molecule has 0 saturated carbocycles. The molecule has 0 aliphatic carbocycles. The largest absolute Gasteiger partial charge is 0.647 e. The molecule has 0 atom stereocenters. The Morgan fingerprint density at radius 1 is 0.566 bits per heavy atom. The van der Waals surface area contributed by atoms with Crippen LogP contribution >= 0.6 is 21.9 Å². The lowest BCUT2D eigenvalue weighted by Gasteiger charge is -2.41. The molecule has 6 nitrogen and oxygen atoms in total. The fourth-order valence-electron chi connectivity index (χ4n) is 6.79. The second-order valence-electron chi connectivity index (χ2n) is 12.5. The topological polar surface area (TPSA) is 66.4 Å². The fourth-order valence-corrected chi connectivity index (χ4v) is 10.0. The third kappa shape index (κ3) is 8.76. The molecule has 0 unspecified atom stereocenters. The quantitative estimate of drug-likeness (QED) is 0.0570. The minimum absolute atomic E-state index is 0.241. The van der Waals surface area contributed by atoms with E-state index in [9.17, 15) is 5.02 Å². The van der Waals surface area contributed by atoms with Gasteiger partial charge in [0.25, 0.3) is 0 Å². The van der Waals surface area contributed by atoms with Crippen molar-refractivity contribution in [1.82, 2.24) is 0 Å². The molecule has 0 aliphatic rings. The van der Waals surface area contributed by atoms with E-state index in [0.717, 1.165) is 49.3 Å². The van der Waals surface area contributed by atoms with Gasteiger partial charge in [0.15, 0.2) is 0 Å². The molecule has 1 N–H and O–H groups in total. The molecule has 0 aliphatic heterocycles. The molecule has 0 fully saturated rings. The summed E-state index contributed by atoms with van der Waals surface area (Å²) in [6, 6.07) is 52.5. The minimum atomic E-state index is -2.29. The first-order valence-corrected chi connectivity index (χ1v) is 19.6. The van der Waals surface area contributed by atoms with Gasteiger partial charge in [0, 0.05) is 32.6 Å². The minimum Gasteiger partial charge on any atom is -0.497 e. The second-order valence-corrected chi connectivity index (χ2v) is 15.8. The van der Waals surface area contributed by atoms with E-state index in [1.54, 1.807) is 21.3 Å². The maximum Gasteiger partial charge on any atom is 0.647 e. The van der Waals surface area contributed by atoms with Crippen molar-refractivity contribution in [3.05, 3.63) is 185 Å². The molecule has 6 rings (SSSR count). The average molecular weight is 747 g/mol. The van der Waals surface area contributed by atoms with Crippen molar-refractivity contribution in [2.45, 2.75) is 33.8 Å². The number of hydrogen-bond acceptors (Lipinski definition) is 6. The van der Waals surface area contributed by atoms with Crippen LogP contribution < -0.4 is 14.2 Å². The molecule has 6 aromatic carbocycles. The summed E-state index contributed by atoms with van der Waals surface area (Å²) in [4.78, 5) is 1.95. The Morgan fingerprint density at radius 3 is 1.38 bits per heavy atom. The number of benzene rings is 6. The van der Waals surface area contributed by atoms with E-state index < -0.39 is 23.0 Å². The first-order chi connectivity index (χ1) is 25.9. The molecule has 0 bridgehead atoms. The molecule has 0 saturated heterocycles. The van der Waals surface area contributed by atoms with Crippen molar-refractivity contribution in [2.75, 3.05) is 27.9 Å². The van der Waals surface area contributed by atoms with E-state index in [0.29, 0.717) is 23.6 Å². The van der Waals surface area contributed by atoms with Crippen molar-refractivity contribution in [3.8, 4) is 17.2 Å². The Bertz CT molecular complexity index is 1840. The van der Waals surface area contributed by atoms with Crippen LogP contribution in [-0.2, 0) is 19.9 Å². The van der Waals surface area contributed by atoms with E-state index in [1.165, 1.54) is 0 Å². The predicted octanol–water partition coefficient (Wildman–Crippen LogP) is 10.5. The zero-order valence-corrected chi connectivity index (χ0v) is 31.8. The van der Waals surface area contributed by atoms with Gasteiger partial charge in [0.2, 0.25) is 0 Å². The van der Waals surface area contributed by atoms with E-state index in [4.69, 9.17) is 34.6 Å². The Kier molecular flexibility index (Phi) is 12.8. The first kappa shape index (κ1) is 38.0. The summed E-state index contributed by atoms with van der Waals surface area (Å²) in [7, 11) is 1.23. The van der Waals surface area contributed by atoms with Crippen LogP contribution in [0.5, 0.6) is 17.2 Å². The van der Waals surface area contributed by atoms with E-state index in [-0.39, 0.29) is 6.61 Å². The third-order valence-electron chi connectivity index (χ3n) is 9.48. The zero-order valence-electron chi connectivity index (χ0n) is 30.2. The van der Waals surface area contributed by atoms with E-state index in [1.807, 2.05) is 97.1 Å². The summed E-state index contributed by atoms with van der Waals surface area (Å²) in [5.41, 5.74) is 3.71. The van der Waals surface area contributed by atoms with Crippen LogP contribution in [0, 0.1) is 0 Å². The molecule has 53 heavy (non-hydrogen) atoms. The standard InChI is InChI=1S/C44H44BClO6S/c1-48-39-25-17-35(18-26-39)44(36-19-27-40(49-2)28-20-36,37-21-29-41(50-3)30-22-37)31-10-32-51-45(47)52-53(42-11-6-4-7-12-42,43-13-8-5-9-14-43)33-34-15-23-38(46)24-16-34/h4-9,11-30,47H,10,31-33H2,1-3H3. The molecule has 0 radical (unpaired) electrons. The van der Waals surface area contributed by atoms with Gasteiger partial charge in [0.1, 0.15) is 17.2 Å². The van der Waals surface area contributed by atoms with Gasteiger partial charge in [-0.2, -0.15) is 0 Å². The normalized spacial score (nSPS) is 11.9. The molecule has 0 spiro atoms. The third-order valence-corrected chi connectivity index (χ3v) is 13.0. The van der Waals surface area contributed by atoms with Gasteiger partial charge in [-0.25, -0.2) is 0 Å². The van der Waals surface area contributed by atoms with Crippen LogP contribution in [0.25, 0.3) is 0 Å². The van der Waals surface area contributed by atoms with E-state index in [2.05, 4.69) is 60.7 Å². The van der Waals surface area contributed by atoms with Gasteiger partial charge in [-0.3, -0.25) is 0 Å². The van der Waals surface area contributed by atoms with Crippen molar-refractivity contribution in [2.24, 2.45) is 0 Å². The lowest BCUT2D eigenvalue weighted by molar-refractivity contribution is 0.193. The number of hydrogen-bond donors (Lipinski definition) is 1. The van der Waals surface area contributed by atoms with Crippen LogP contribution in [-0.4, -0.2) is 40.3 Å². The summed E-state index contributed by atoms with van der Waals surface area (Å²) in [6.45, 7) is 0.241. The summed E-state index contributed by atoms with van der Waals surface area (Å²) < 4.78 is 29.5. The van der Waals surface area contributed by atoms with Crippen molar-refractivity contribution >= 4 is 29.2 Å². The van der Waals surface area contributed by atoms with Gasteiger partial charge in [-0.1, -0.05) is 107 Å². The summed E-state index contributed by atoms with van der Waals surface area (Å²) in [5.74, 6) is 2.85. The highest BCUT2D eigenvalue weighted by Crippen LogP contribution is 2.65. The van der Waals surface area contributed by atoms with Crippen molar-refractivity contribution in [1.29, 1.82) is 0 Å². The van der Waals surface area contributed by atoms with Gasteiger partial charge in [-0.05, 0) is 108 Å². The zero-order chi connectivity index (χ0) is 37.1. The summed E-state index contributed by atoms with van der Waals surface area (Å²) in [6.07, 6.45) is 1.26. The SMILES string of the molecule is COc1ccc(C(CCCOB(O)OS(Cc2ccc(Cl)cc2)(c2ccccc2)c2ccccc2)(c2ccc(OC)cc2)c2ccc(OC)cc2)cc1. The predicted molar refractivity (Wildman–Crippen MR) is 215 cm³/mol.